The van der Waals surface area contributed by atoms with E-state index in [0.717, 1.165) is 0 Å². The summed E-state index contributed by atoms with van der Waals surface area (Å²) in [6, 6.07) is 0. The molecule has 0 heterocycles. The van der Waals surface area contributed by atoms with Gasteiger partial charge in [0.1, 0.15) is 6.54 Å². The average Bonchev–Trinajstić information content (AvgIpc) is 1.87. The summed E-state index contributed by atoms with van der Waals surface area (Å²) in [4.78, 5) is 13.8. The Hall–Kier alpha value is -1.06. The molecule has 64 valence electrons. The highest BCUT2D eigenvalue weighted by Gasteiger charge is 2.04. The molecule has 0 spiro atoms. The average molecular weight is 159 g/mol. The van der Waals surface area contributed by atoms with Crippen LogP contribution >= 0.6 is 0 Å². The fourth-order valence-corrected chi connectivity index (χ4v) is 0.628. The first kappa shape index (κ1) is 9.94. The third-order valence-corrected chi connectivity index (χ3v) is 1.07. The van der Waals surface area contributed by atoms with Crippen molar-refractivity contribution in [1.29, 1.82) is 0 Å². The number of carboxylic acid groups (broad SMARTS) is 1. The fourth-order valence-electron chi connectivity index (χ4n) is 0.628. The van der Waals surface area contributed by atoms with Crippen LogP contribution in [-0.4, -0.2) is 30.6 Å². The molecule has 0 saturated carbocycles. The second-order valence-electron chi connectivity index (χ2n) is 2.41. The minimum Gasteiger partial charge on any atom is -0.484 e. The summed E-state index contributed by atoms with van der Waals surface area (Å²) in [6.07, 6.45) is 0. The van der Waals surface area contributed by atoms with Crippen LogP contribution in [0.1, 0.15) is 13.8 Å². The van der Waals surface area contributed by atoms with Gasteiger partial charge >= 0.3 is 5.97 Å². The molecule has 0 aliphatic heterocycles. The lowest BCUT2D eigenvalue weighted by atomic mass is 10.2. The van der Waals surface area contributed by atoms with E-state index < -0.39 is 5.97 Å². The van der Waals surface area contributed by atoms with Gasteiger partial charge in [0.15, 0.2) is 5.90 Å². The van der Waals surface area contributed by atoms with Crippen LogP contribution in [0.2, 0.25) is 0 Å². The summed E-state index contributed by atoms with van der Waals surface area (Å²) >= 11 is 0. The minimum atomic E-state index is -0.944. The summed E-state index contributed by atoms with van der Waals surface area (Å²) in [6.45, 7) is 3.57. The number of hydrogen-bond donors (Lipinski definition) is 1. The van der Waals surface area contributed by atoms with Gasteiger partial charge in [0, 0.05) is 5.92 Å². The zero-order valence-corrected chi connectivity index (χ0v) is 7.00. The zero-order chi connectivity index (χ0) is 8.85. The lowest BCUT2D eigenvalue weighted by molar-refractivity contribution is -0.135. The Morgan fingerprint density at radius 2 is 2.18 bits per heavy atom. The van der Waals surface area contributed by atoms with E-state index in [1.165, 1.54) is 7.11 Å². The molecule has 0 aromatic heterocycles. The molecule has 0 aromatic rings. The Balaban J connectivity index is 4.01. The third-order valence-electron chi connectivity index (χ3n) is 1.07. The summed E-state index contributed by atoms with van der Waals surface area (Å²) < 4.78 is 4.85. The van der Waals surface area contributed by atoms with Gasteiger partial charge < -0.3 is 9.84 Å². The van der Waals surface area contributed by atoms with Gasteiger partial charge in [-0.05, 0) is 0 Å². The maximum absolute atomic E-state index is 10.1. The Kier molecular flexibility index (Phi) is 4.26. The molecule has 1 N–H and O–H groups in total. The number of aliphatic imine (C=N–C) groups is 1. The molecule has 0 amide bonds. The van der Waals surface area contributed by atoms with Gasteiger partial charge in [-0.3, -0.25) is 4.79 Å². The molecule has 0 radical (unpaired) electrons. The van der Waals surface area contributed by atoms with Crippen molar-refractivity contribution in [3.05, 3.63) is 0 Å². The molecule has 0 bridgehead atoms. The number of aliphatic carboxylic acids is 1. The first-order valence-electron chi connectivity index (χ1n) is 3.38. The molecule has 0 unspecified atom stereocenters. The van der Waals surface area contributed by atoms with Crippen molar-refractivity contribution in [3.63, 3.8) is 0 Å². The van der Waals surface area contributed by atoms with E-state index in [1.807, 2.05) is 13.8 Å². The largest absolute Gasteiger partial charge is 0.484 e. The lowest BCUT2D eigenvalue weighted by Gasteiger charge is -2.06. The molecule has 0 aliphatic rings. The first-order valence-corrected chi connectivity index (χ1v) is 3.38. The molecular weight excluding hydrogens is 146 g/mol. The number of carbonyl (C=O) groups is 1. The van der Waals surface area contributed by atoms with Crippen molar-refractivity contribution >= 4 is 11.9 Å². The summed E-state index contributed by atoms with van der Waals surface area (Å²) in [5, 5.41) is 8.28. The van der Waals surface area contributed by atoms with E-state index in [0.29, 0.717) is 5.90 Å². The number of methoxy groups -OCH3 is 1. The number of ether oxygens (including phenoxy) is 1. The van der Waals surface area contributed by atoms with Gasteiger partial charge in [-0.25, -0.2) is 4.99 Å². The smallest absolute Gasteiger partial charge is 0.325 e. The van der Waals surface area contributed by atoms with Gasteiger partial charge in [0.2, 0.25) is 0 Å². The third kappa shape index (κ3) is 4.36. The van der Waals surface area contributed by atoms with Crippen molar-refractivity contribution in [3.8, 4) is 0 Å². The Morgan fingerprint density at radius 3 is 2.45 bits per heavy atom. The normalized spacial score (nSPS) is 11.8. The van der Waals surface area contributed by atoms with Gasteiger partial charge in [-0.1, -0.05) is 13.8 Å². The Morgan fingerprint density at radius 1 is 1.64 bits per heavy atom. The van der Waals surface area contributed by atoms with Crippen LogP contribution < -0.4 is 0 Å². The molecule has 0 aromatic carbocycles. The number of carboxylic acids is 1. The zero-order valence-electron chi connectivity index (χ0n) is 7.00. The number of hydrogen-bond acceptors (Lipinski definition) is 3. The Bertz CT molecular complexity index is 163. The van der Waals surface area contributed by atoms with Crippen LogP contribution in [-0.2, 0) is 9.53 Å². The highest BCUT2D eigenvalue weighted by atomic mass is 16.5. The van der Waals surface area contributed by atoms with Crippen LogP contribution in [0.5, 0.6) is 0 Å². The summed E-state index contributed by atoms with van der Waals surface area (Å²) in [5.41, 5.74) is 0. The minimum absolute atomic E-state index is 0.138. The van der Waals surface area contributed by atoms with E-state index >= 15 is 0 Å². The van der Waals surface area contributed by atoms with E-state index in [4.69, 9.17) is 9.84 Å². The standard InChI is InChI=1S/C7H13NO3/c1-5(2)7(11-3)8-4-6(9)10/h5H,4H2,1-3H3,(H,9,10)/b8-7+. The van der Waals surface area contributed by atoms with Gasteiger partial charge in [-0.15, -0.1) is 0 Å². The first-order chi connectivity index (χ1) is 5.07. The predicted molar refractivity (Wildman–Crippen MR) is 41.8 cm³/mol. The van der Waals surface area contributed by atoms with Crippen molar-refractivity contribution in [2.45, 2.75) is 13.8 Å². The summed E-state index contributed by atoms with van der Waals surface area (Å²) in [7, 11) is 1.49. The highest BCUT2D eigenvalue weighted by molar-refractivity contribution is 5.80. The predicted octanol–water partition coefficient (Wildman–Crippen LogP) is 0.772. The molecule has 0 fully saturated rings. The lowest BCUT2D eigenvalue weighted by Crippen LogP contribution is -2.12. The van der Waals surface area contributed by atoms with Crippen LogP contribution in [0.15, 0.2) is 4.99 Å². The maximum Gasteiger partial charge on any atom is 0.325 e. The van der Waals surface area contributed by atoms with Crippen LogP contribution in [0.4, 0.5) is 0 Å². The van der Waals surface area contributed by atoms with Crippen molar-refractivity contribution in [2.24, 2.45) is 10.9 Å². The molecule has 11 heavy (non-hydrogen) atoms. The molecule has 4 nitrogen and oxygen atoms in total. The van der Waals surface area contributed by atoms with Gasteiger partial charge in [-0.2, -0.15) is 0 Å². The van der Waals surface area contributed by atoms with Gasteiger partial charge in [0.25, 0.3) is 0 Å². The molecule has 0 atom stereocenters. The fraction of sp³-hybridized carbons (Fsp3) is 0.714. The SMILES string of the molecule is CO/C(=N/CC(=O)O)C(C)C. The molecule has 4 heteroatoms. The number of nitrogens with zero attached hydrogens (tertiary/aromatic N) is 1. The molecular formula is C7H13NO3. The highest BCUT2D eigenvalue weighted by Crippen LogP contribution is 1.97. The van der Waals surface area contributed by atoms with Crippen molar-refractivity contribution < 1.29 is 14.6 Å². The van der Waals surface area contributed by atoms with Crippen LogP contribution in [0.25, 0.3) is 0 Å². The maximum atomic E-state index is 10.1. The number of rotatable bonds is 3. The van der Waals surface area contributed by atoms with E-state index in [9.17, 15) is 4.79 Å². The van der Waals surface area contributed by atoms with Crippen LogP contribution in [0, 0.1) is 5.92 Å². The molecule has 0 aliphatic carbocycles. The second-order valence-corrected chi connectivity index (χ2v) is 2.41. The topological polar surface area (TPSA) is 58.9 Å². The van der Waals surface area contributed by atoms with Crippen molar-refractivity contribution in [1.82, 2.24) is 0 Å². The van der Waals surface area contributed by atoms with E-state index in [2.05, 4.69) is 4.99 Å². The summed E-state index contributed by atoms with van der Waals surface area (Å²) in [5.74, 6) is -0.327. The van der Waals surface area contributed by atoms with Gasteiger partial charge in [0.05, 0.1) is 7.11 Å². The Labute approximate surface area is 65.9 Å². The molecule has 0 saturated heterocycles. The molecule has 0 rings (SSSR count). The second kappa shape index (κ2) is 4.71. The van der Waals surface area contributed by atoms with E-state index in [-0.39, 0.29) is 12.5 Å². The quantitative estimate of drug-likeness (QED) is 0.488. The van der Waals surface area contributed by atoms with E-state index in [1.54, 1.807) is 0 Å². The van der Waals surface area contributed by atoms with Crippen molar-refractivity contribution in [2.75, 3.05) is 13.7 Å². The monoisotopic (exact) mass is 159 g/mol. The van der Waals surface area contributed by atoms with Crippen LogP contribution in [0.3, 0.4) is 0 Å².